The number of benzene rings is 3. The molecule has 0 aliphatic carbocycles. The summed E-state index contributed by atoms with van der Waals surface area (Å²) in [4.78, 5) is 12.0. The number of para-hydroxylation sites is 1. The highest BCUT2D eigenvalue weighted by atomic mass is 35.5. The summed E-state index contributed by atoms with van der Waals surface area (Å²) < 4.78 is 5.52. The minimum absolute atomic E-state index is 0.129. The molecule has 0 spiro atoms. The quantitative estimate of drug-likeness (QED) is 0.459. The van der Waals surface area contributed by atoms with Gasteiger partial charge in [0.15, 0.2) is 6.61 Å². The number of ether oxygens (including phenoxy) is 1. The third-order valence-electron chi connectivity index (χ3n) is 3.83. The molecular weight excluding hydrogens is 419 g/mol. The molecule has 0 heterocycles. The number of amides is 1. The SMILES string of the molecule is O=C(COc1ccc(CNc2ccc(Cl)c(Cl)c2)cc1Cl)Nc1ccccc1. The van der Waals surface area contributed by atoms with Gasteiger partial charge < -0.3 is 15.4 Å². The number of hydrogen-bond acceptors (Lipinski definition) is 3. The smallest absolute Gasteiger partial charge is 0.262 e. The molecule has 4 nitrogen and oxygen atoms in total. The summed E-state index contributed by atoms with van der Waals surface area (Å²) >= 11 is 18.2. The summed E-state index contributed by atoms with van der Waals surface area (Å²) in [6.07, 6.45) is 0. The van der Waals surface area contributed by atoms with Crippen LogP contribution >= 0.6 is 34.8 Å². The lowest BCUT2D eigenvalue weighted by Crippen LogP contribution is -2.20. The lowest BCUT2D eigenvalue weighted by atomic mass is 10.2. The Bertz CT molecular complexity index is 965. The van der Waals surface area contributed by atoms with Crippen molar-refractivity contribution in [2.24, 2.45) is 0 Å². The Morgan fingerprint density at radius 3 is 2.32 bits per heavy atom. The largest absolute Gasteiger partial charge is 0.482 e. The molecule has 0 aliphatic heterocycles. The van der Waals surface area contributed by atoms with Crippen LogP contribution in [0, 0.1) is 0 Å². The van der Waals surface area contributed by atoms with Crippen LogP contribution in [0.3, 0.4) is 0 Å². The molecule has 0 atom stereocenters. The Morgan fingerprint density at radius 2 is 1.61 bits per heavy atom. The summed E-state index contributed by atoms with van der Waals surface area (Å²) in [5.74, 6) is 0.191. The average Bonchev–Trinajstić information content (AvgIpc) is 2.69. The standard InChI is InChI=1S/C21H17Cl3N2O2/c22-17-8-7-16(11-18(17)23)25-12-14-6-9-20(19(24)10-14)28-13-21(27)26-15-4-2-1-3-5-15/h1-11,25H,12-13H2,(H,26,27). The summed E-state index contributed by atoms with van der Waals surface area (Å²) in [5, 5.41) is 7.43. The van der Waals surface area contributed by atoms with E-state index in [0.29, 0.717) is 33.0 Å². The predicted molar refractivity (Wildman–Crippen MR) is 116 cm³/mol. The van der Waals surface area contributed by atoms with Crippen molar-refractivity contribution in [3.63, 3.8) is 0 Å². The first kappa shape index (κ1) is 20.3. The van der Waals surface area contributed by atoms with Crippen LogP contribution in [-0.2, 0) is 11.3 Å². The molecule has 0 saturated heterocycles. The van der Waals surface area contributed by atoms with Gasteiger partial charge in [0.25, 0.3) is 5.91 Å². The van der Waals surface area contributed by atoms with E-state index in [-0.39, 0.29) is 12.5 Å². The third kappa shape index (κ3) is 5.80. The van der Waals surface area contributed by atoms with Crippen molar-refractivity contribution < 1.29 is 9.53 Å². The summed E-state index contributed by atoms with van der Waals surface area (Å²) in [7, 11) is 0. The van der Waals surface area contributed by atoms with E-state index in [2.05, 4.69) is 10.6 Å². The van der Waals surface area contributed by atoms with Crippen molar-refractivity contribution in [2.45, 2.75) is 6.54 Å². The molecule has 0 aliphatic rings. The third-order valence-corrected chi connectivity index (χ3v) is 4.86. The van der Waals surface area contributed by atoms with Crippen LogP contribution in [0.5, 0.6) is 5.75 Å². The fourth-order valence-corrected chi connectivity index (χ4v) is 3.00. The van der Waals surface area contributed by atoms with E-state index in [0.717, 1.165) is 11.3 Å². The molecule has 3 aromatic rings. The highest BCUT2D eigenvalue weighted by Crippen LogP contribution is 2.27. The summed E-state index contributed by atoms with van der Waals surface area (Å²) in [6.45, 7) is 0.419. The minimum Gasteiger partial charge on any atom is -0.482 e. The average molecular weight is 436 g/mol. The van der Waals surface area contributed by atoms with Crippen molar-refractivity contribution in [3.8, 4) is 5.75 Å². The second-order valence-corrected chi connectivity index (χ2v) is 7.17. The second-order valence-electron chi connectivity index (χ2n) is 5.95. The van der Waals surface area contributed by atoms with Crippen LogP contribution in [0.4, 0.5) is 11.4 Å². The maximum atomic E-state index is 12.0. The van der Waals surface area contributed by atoms with Crippen LogP contribution in [0.2, 0.25) is 15.1 Å². The highest BCUT2D eigenvalue weighted by molar-refractivity contribution is 6.42. The van der Waals surface area contributed by atoms with Gasteiger partial charge in [0.1, 0.15) is 5.75 Å². The van der Waals surface area contributed by atoms with Gasteiger partial charge in [0.2, 0.25) is 0 Å². The van der Waals surface area contributed by atoms with Crippen molar-refractivity contribution >= 4 is 52.1 Å². The maximum absolute atomic E-state index is 12.0. The van der Waals surface area contributed by atoms with Crippen LogP contribution in [0.25, 0.3) is 0 Å². The number of carbonyl (C=O) groups excluding carboxylic acids is 1. The first-order chi connectivity index (χ1) is 13.5. The minimum atomic E-state index is -0.257. The van der Waals surface area contributed by atoms with Gasteiger partial charge in [-0.25, -0.2) is 0 Å². The van der Waals surface area contributed by atoms with Crippen LogP contribution in [0.15, 0.2) is 66.7 Å². The Balaban J connectivity index is 1.53. The zero-order valence-corrected chi connectivity index (χ0v) is 17.0. The zero-order chi connectivity index (χ0) is 19.9. The molecule has 0 radical (unpaired) electrons. The molecule has 1 amide bonds. The van der Waals surface area contributed by atoms with E-state index in [1.165, 1.54) is 0 Å². The van der Waals surface area contributed by atoms with E-state index in [1.54, 1.807) is 36.4 Å². The van der Waals surface area contributed by atoms with Crippen LogP contribution < -0.4 is 15.4 Å². The number of carbonyl (C=O) groups is 1. The summed E-state index contributed by atoms with van der Waals surface area (Å²) in [5.41, 5.74) is 2.52. The van der Waals surface area contributed by atoms with E-state index in [1.807, 2.05) is 30.3 Å². The van der Waals surface area contributed by atoms with Gasteiger partial charge in [-0.15, -0.1) is 0 Å². The van der Waals surface area contributed by atoms with Crippen molar-refractivity contribution in [1.29, 1.82) is 0 Å². The topological polar surface area (TPSA) is 50.4 Å². The Morgan fingerprint density at radius 1 is 0.821 bits per heavy atom. The molecule has 3 aromatic carbocycles. The molecule has 2 N–H and O–H groups in total. The number of halogens is 3. The lowest BCUT2D eigenvalue weighted by Gasteiger charge is -2.11. The van der Waals surface area contributed by atoms with Crippen LogP contribution in [-0.4, -0.2) is 12.5 Å². The monoisotopic (exact) mass is 434 g/mol. The normalized spacial score (nSPS) is 10.4. The molecule has 28 heavy (non-hydrogen) atoms. The van der Waals surface area contributed by atoms with E-state index < -0.39 is 0 Å². The molecule has 0 saturated carbocycles. The number of rotatable bonds is 7. The van der Waals surface area contributed by atoms with Gasteiger partial charge in [0.05, 0.1) is 15.1 Å². The number of hydrogen-bond donors (Lipinski definition) is 2. The van der Waals surface area contributed by atoms with Crippen molar-refractivity contribution in [3.05, 3.63) is 87.4 Å². The van der Waals surface area contributed by atoms with Crippen molar-refractivity contribution in [1.82, 2.24) is 0 Å². The fraction of sp³-hybridized carbons (Fsp3) is 0.0952. The van der Waals surface area contributed by atoms with E-state index in [4.69, 9.17) is 39.5 Å². The van der Waals surface area contributed by atoms with Crippen LogP contribution in [0.1, 0.15) is 5.56 Å². The Hall–Kier alpha value is -2.40. The Labute approximate surface area is 178 Å². The van der Waals surface area contributed by atoms with E-state index >= 15 is 0 Å². The fourth-order valence-electron chi connectivity index (χ4n) is 2.44. The molecule has 0 unspecified atom stereocenters. The molecule has 7 heteroatoms. The first-order valence-corrected chi connectivity index (χ1v) is 9.60. The predicted octanol–water partition coefficient (Wildman–Crippen LogP) is 6.28. The van der Waals surface area contributed by atoms with E-state index in [9.17, 15) is 4.79 Å². The molecule has 144 valence electrons. The second kappa shape index (κ2) is 9.69. The molecule has 3 rings (SSSR count). The first-order valence-electron chi connectivity index (χ1n) is 8.46. The number of anilines is 2. The van der Waals surface area contributed by atoms with Crippen molar-refractivity contribution in [2.75, 3.05) is 17.2 Å². The van der Waals surface area contributed by atoms with Gasteiger partial charge in [-0.3, -0.25) is 4.79 Å². The highest BCUT2D eigenvalue weighted by Gasteiger charge is 2.08. The Kier molecular flexibility index (Phi) is 7.04. The van der Waals surface area contributed by atoms with Gasteiger partial charge >= 0.3 is 0 Å². The zero-order valence-electron chi connectivity index (χ0n) is 14.7. The molecule has 0 fully saturated rings. The van der Waals surface area contributed by atoms with Gasteiger partial charge in [-0.2, -0.15) is 0 Å². The lowest BCUT2D eigenvalue weighted by molar-refractivity contribution is -0.118. The summed E-state index contributed by atoms with van der Waals surface area (Å²) in [6, 6.07) is 19.9. The van der Waals surface area contributed by atoms with Gasteiger partial charge in [0, 0.05) is 17.9 Å². The van der Waals surface area contributed by atoms with Gasteiger partial charge in [-0.05, 0) is 48.0 Å². The molecule has 0 bridgehead atoms. The number of nitrogens with one attached hydrogen (secondary N) is 2. The molecular formula is C21H17Cl3N2O2. The molecule has 0 aromatic heterocycles. The maximum Gasteiger partial charge on any atom is 0.262 e. The van der Waals surface area contributed by atoms with Gasteiger partial charge in [-0.1, -0.05) is 59.1 Å².